The Morgan fingerprint density at radius 2 is 1.39 bits per heavy atom. The lowest BCUT2D eigenvalue weighted by atomic mass is 10.1. The van der Waals surface area contributed by atoms with Crippen LogP contribution in [0.3, 0.4) is 0 Å². The molecule has 0 aliphatic heterocycles. The van der Waals surface area contributed by atoms with Gasteiger partial charge >= 0.3 is 0 Å². The van der Waals surface area contributed by atoms with E-state index in [1.165, 1.54) is 16.3 Å². The molecule has 4 nitrogen and oxygen atoms in total. The summed E-state index contributed by atoms with van der Waals surface area (Å²) in [5.41, 5.74) is 1.17. The molecule has 0 saturated carbocycles. The fourth-order valence-corrected chi connectivity index (χ4v) is 2.94. The summed E-state index contributed by atoms with van der Waals surface area (Å²) in [7, 11) is 0. The van der Waals surface area contributed by atoms with Gasteiger partial charge in [-0.05, 0) is 52.7 Å². The van der Waals surface area contributed by atoms with Gasteiger partial charge in [0.05, 0.1) is 0 Å². The average molecular weight is 370 g/mol. The van der Waals surface area contributed by atoms with Crippen molar-refractivity contribution in [3.63, 3.8) is 0 Å². The summed E-state index contributed by atoms with van der Waals surface area (Å²) in [4.78, 5) is 4.25. The lowest BCUT2D eigenvalue weighted by molar-refractivity contribution is 0.217. The Hall–Kier alpha value is -3.53. The zero-order valence-electron chi connectivity index (χ0n) is 15.5. The smallest absolute Gasteiger partial charge is 0.126 e. The summed E-state index contributed by atoms with van der Waals surface area (Å²) in [6.45, 7) is 1.72. The number of fused-ring (bicyclic) bond motifs is 1. The van der Waals surface area contributed by atoms with Crippen LogP contribution in [-0.2, 0) is 6.54 Å². The van der Waals surface area contributed by atoms with Crippen LogP contribution < -0.4 is 14.8 Å². The second-order valence-electron chi connectivity index (χ2n) is 6.42. The van der Waals surface area contributed by atoms with Crippen molar-refractivity contribution in [2.75, 3.05) is 18.5 Å². The monoisotopic (exact) mass is 370 g/mol. The molecule has 0 aliphatic carbocycles. The normalized spacial score (nSPS) is 10.6. The summed E-state index contributed by atoms with van der Waals surface area (Å²) in [6, 6.07) is 28.2. The molecule has 140 valence electrons. The molecular formula is C24H22N2O2. The summed E-state index contributed by atoms with van der Waals surface area (Å²) in [6.07, 6.45) is 1.78. The number of anilines is 1. The van der Waals surface area contributed by atoms with E-state index >= 15 is 0 Å². The fourth-order valence-electron chi connectivity index (χ4n) is 2.94. The number of aromatic nitrogens is 1. The molecule has 4 rings (SSSR count). The summed E-state index contributed by atoms with van der Waals surface area (Å²) >= 11 is 0. The van der Waals surface area contributed by atoms with Crippen LogP contribution in [0, 0.1) is 0 Å². The maximum Gasteiger partial charge on any atom is 0.126 e. The van der Waals surface area contributed by atoms with E-state index in [1.54, 1.807) is 6.20 Å². The van der Waals surface area contributed by atoms with E-state index in [9.17, 15) is 0 Å². The predicted octanol–water partition coefficient (Wildman–Crippen LogP) is 5.30. The first kappa shape index (κ1) is 17.9. The van der Waals surface area contributed by atoms with Crippen LogP contribution in [0.2, 0.25) is 0 Å². The Balaban J connectivity index is 1.22. The van der Waals surface area contributed by atoms with Crippen molar-refractivity contribution in [1.29, 1.82) is 0 Å². The third-order valence-corrected chi connectivity index (χ3v) is 4.40. The molecule has 4 aromatic rings. The second-order valence-corrected chi connectivity index (χ2v) is 6.42. The zero-order chi connectivity index (χ0) is 19.0. The Labute approximate surface area is 164 Å². The zero-order valence-corrected chi connectivity index (χ0v) is 15.5. The van der Waals surface area contributed by atoms with Gasteiger partial charge in [-0.1, -0.05) is 48.5 Å². The van der Waals surface area contributed by atoms with Crippen LogP contribution in [0.1, 0.15) is 5.56 Å². The van der Waals surface area contributed by atoms with E-state index in [0.29, 0.717) is 13.2 Å². The number of ether oxygens (including phenoxy) is 2. The molecule has 0 atom stereocenters. The van der Waals surface area contributed by atoms with E-state index in [2.05, 4.69) is 46.7 Å². The minimum absolute atomic E-state index is 0.498. The molecule has 1 N–H and O–H groups in total. The lowest BCUT2D eigenvalue weighted by Crippen LogP contribution is -2.09. The quantitative estimate of drug-likeness (QED) is 0.427. The van der Waals surface area contributed by atoms with Gasteiger partial charge in [0.15, 0.2) is 0 Å². The third kappa shape index (κ3) is 4.80. The van der Waals surface area contributed by atoms with Crippen molar-refractivity contribution in [3.8, 4) is 11.5 Å². The van der Waals surface area contributed by atoms with E-state index in [1.807, 2.05) is 48.5 Å². The van der Waals surface area contributed by atoms with E-state index in [4.69, 9.17) is 9.47 Å². The standard InChI is InChI=1S/C24H22N2O2/c1-2-6-21-17-23(13-10-20(21)5-1)28-16-15-27-22-11-8-19(9-12-22)18-26-24-7-3-4-14-25-24/h1-14,17H,15-16,18H2,(H,25,26). The highest BCUT2D eigenvalue weighted by Gasteiger charge is 1.99. The van der Waals surface area contributed by atoms with Gasteiger partial charge < -0.3 is 14.8 Å². The molecular weight excluding hydrogens is 348 g/mol. The van der Waals surface area contributed by atoms with Crippen LogP contribution >= 0.6 is 0 Å². The third-order valence-electron chi connectivity index (χ3n) is 4.40. The van der Waals surface area contributed by atoms with Gasteiger partial charge in [-0.2, -0.15) is 0 Å². The molecule has 0 radical (unpaired) electrons. The molecule has 0 unspecified atom stereocenters. The van der Waals surface area contributed by atoms with Crippen molar-refractivity contribution in [1.82, 2.24) is 4.98 Å². The number of rotatable bonds is 8. The highest BCUT2D eigenvalue weighted by atomic mass is 16.5. The lowest BCUT2D eigenvalue weighted by Gasteiger charge is -2.10. The van der Waals surface area contributed by atoms with Crippen molar-refractivity contribution < 1.29 is 9.47 Å². The molecule has 1 aromatic heterocycles. The minimum Gasteiger partial charge on any atom is -0.490 e. The molecule has 0 spiro atoms. The highest BCUT2D eigenvalue weighted by Crippen LogP contribution is 2.20. The van der Waals surface area contributed by atoms with Gasteiger partial charge in [-0.3, -0.25) is 0 Å². The Bertz CT molecular complexity index is 1020. The number of hydrogen-bond acceptors (Lipinski definition) is 4. The number of benzene rings is 3. The van der Waals surface area contributed by atoms with Gasteiger partial charge in [-0.25, -0.2) is 4.98 Å². The van der Waals surface area contributed by atoms with Gasteiger partial charge in [0, 0.05) is 12.7 Å². The Kier molecular flexibility index (Phi) is 5.68. The maximum absolute atomic E-state index is 5.81. The molecule has 0 aliphatic rings. The topological polar surface area (TPSA) is 43.4 Å². The number of nitrogens with zero attached hydrogens (tertiary/aromatic N) is 1. The molecule has 0 bridgehead atoms. The average Bonchev–Trinajstić information content (AvgIpc) is 2.77. The number of hydrogen-bond donors (Lipinski definition) is 1. The maximum atomic E-state index is 5.81. The molecule has 0 fully saturated rings. The highest BCUT2D eigenvalue weighted by molar-refractivity contribution is 5.83. The number of pyridine rings is 1. The molecule has 28 heavy (non-hydrogen) atoms. The minimum atomic E-state index is 0.498. The second kappa shape index (κ2) is 8.91. The first-order valence-corrected chi connectivity index (χ1v) is 9.35. The molecule has 4 heteroatoms. The Morgan fingerprint density at radius 3 is 2.18 bits per heavy atom. The first-order chi connectivity index (χ1) is 13.9. The van der Waals surface area contributed by atoms with Crippen LogP contribution in [0.25, 0.3) is 10.8 Å². The van der Waals surface area contributed by atoms with Gasteiger partial charge in [0.1, 0.15) is 30.5 Å². The summed E-state index contributed by atoms with van der Waals surface area (Å²) in [5.74, 6) is 2.57. The fraction of sp³-hybridized carbons (Fsp3) is 0.125. The van der Waals surface area contributed by atoms with Crippen LogP contribution in [0.5, 0.6) is 11.5 Å². The van der Waals surface area contributed by atoms with Gasteiger partial charge in [0.2, 0.25) is 0 Å². The van der Waals surface area contributed by atoms with Crippen LogP contribution in [-0.4, -0.2) is 18.2 Å². The summed E-state index contributed by atoms with van der Waals surface area (Å²) < 4.78 is 11.6. The molecule has 3 aromatic carbocycles. The molecule has 0 amide bonds. The van der Waals surface area contributed by atoms with Crippen molar-refractivity contribution in [2.24, 2.45) is 0 Å². The van der Waals surface area contributed by atoms with E-state index in [-0.39, 0.29) is 0 Å². The predicted molar refractivity (Wildman–Crippen MR) is 113 cm³/mol. The van der Waals surface area contributed by atoms with Crippen LogP contribution in [0.15, 0.2) is 91.1 Å². The molecule has 0 saturated heterocycles. The van der Waals surface area contributed by atoms with Crippen molar-refractivity contribution in [3.05, 3.63) is 96.7 Å². The SMILES string of the molecule is c1ccc(NCc2ccc(OCCOc3ccc4ccccc4c3)cc2)nc1. The summed E-state index contributed by atoms with van der Waals surface area (Å²) in [5, 5.41) is 5.68. The van der Waals surface area contributed by atoms with Crippen LogP contribution in [0.4, 0.5) is 5.82 Å². The van der Waals surface area contributed by atoms with Gasteiger partial charge in [0.25, 0.3) is 0 Å². The largest absolute Gasteiger partial charge is 0.490 e. The van der Waals surface area contributed by atoms with E-state index in [0.717, 1.165) is 23.9 Å². The Morgan fingerprint density at radius 1 is 0.679 bits per heavy atom. The molecule has 1 heterocycles. The first-order valence-electron chi connectivity index (χ1n) is 9.35. The number of nitrogens with one attached hydrogen (secondary N) is 1. The van der Waals surface area contributed by atoms with Crippen molar-refractivity contribution in [2.45, 2.75) is 6.54 Å². The van der Waals surface area contributed by atoms with Crippen molar-refractivity contribution >= 4 is 16.6 Å². The van der Waals surface area contributed by atoms with Gasteiger partial charge in [-0.15, -0.1) is 0 Å². The van der Waals surface area contributed by atoms with E-state index < -0.39 is 0 Å².